The van der Waals surface area contributed by atoms with E-state index in [1.54, 1.807) is 0 Å². The number of hydrogen-bond donors (Lipinski definition) is 1. The Labute approximate surface area is 119 Å². The first-order chi connectivity index (χ1) is 9.88. The van der Waals surface area contributed by atoms with E-state index in [4.69, 9.17) is 4.42 Å². The zero-order valence-electron chi connectivity index (χ0n) is 11.6. The van der Waals surface area contributed by atoms with Crippen molar-refractivity contribution < 1.29 is 4.42 Å². The van der Waals surface area contributed by atoms with Gasteiger partial charge in [-0.1, -0.05) is 18.2 Å². The number of nitrogens with one attached hydrogen (secondary N) is 1. The van der Waals surface area contributed by atoms with Crippen molar-refractivity contribution in [2.75, 3.05) is 11.4 Å². The van der Waals surface area contributed by atoms with E-state index in [0.717, 1.165) is 43.6 Å². The van der Waals surface area contributed by atoms with E-state index in [2.05, 4.69) is 46.6 Å². The Bertz CT molecular complexity index is 601. The van der Waals surface area contributed by atoms with E-state index >= 15 is 0 Å². The fourth-order valence-corrected chi connectivity index (χ4v) is 2.89. The van der Waals surface area contributed by atoms with Crippen molar-refractivity contribution in [2.24, 2.45) is 0 Å². The highest BCUT2D eigenvalue weighted by Gasteiger charge is 2.21. The van der Waals surface area contributed by atoms with Crippen molar-refractivity contribution >= 4 is 5.69 Å². The van der Waals surface area contributed by atoms with Gasteiger partial charge in [0.05, 0.1) is 13.1 Å². The third kappa shape index (κ3) is 2.46. The van der Waals surface area contributed by atoms with Gasteiger partial charge in [-0.25, -0.2) is 0 Å². The molecule has 0 bridgehead atoms. The van der Waals surface area contributed by atoms with Gasteiger partial charge in [-0.15, -0.1) is 0 Å². The highest BCUT2D eigenvalue weighted by molar-refractivity contribution is 5.57. The monoisotopic (exact) mass is 268 g/mol. The molecule has 0 atom stereocenters. The number of hydrogen-bond acceptors (Lipinski definition) is 3. The molecule has 0 saturated heterocycles. The zero-order chi connectivity index (χ0) is 13.4. The smallest absolute Gasteiger partial charge is 0.123 e. The molecule has 0 radical (unpaired) electrons. The maximum atomic E-state index is 5.93. The molecular formula is C17H20N2O. The summed E-state index contributed by atoms with van der Waals surface area (Å²) in [4.78, 5) is 2.41. The van der Waals surface area contributed by atoms with Gasteiger partial charge in [-0.05, 0) is 43.0 Å². The Hall–Kier alpha value is -1.74. The van der Waals surface area contributed by atoms with E-state index in [-0.39, 0.29) is 0 Å². The van der Waals surface area contributed by atoms with Crippen LogP contribution in [-0.2, 0) is 19.5 Å². The van der Waals surface area contributed by atoms with Gasteiger partial charge >= 0.3 is 0 Å². The summed E-state index contributed by atoms with van der Waals surface area (Å²) in [5, 5.41) is 3.49. The first kappa shape index (κ1) is 12.0. The standard InChI is InChI=1S/C17H20N2O/c1-2-4-17-13(3-1)9-10-19(17)12-16-8-7-15(20-16)11-18-14-5-6-14/h1-4,7-8,14,18H,5-6,9-12H2. The number of furan rings is 1. The molecule has 0 unspecified atom stereocenters. The fraction of sp³-hybridized carbons (Fsp3) is 0.412. The van der Waals surface area contributed by atoms with Crippen molar-refractivity contribution in [3.05, 3.63) is 53.5 Å². The van der Waals surface area contributed by atoms with Crippen LogP contribution in [0, 0.1) is 0 Å². The lowest BCUT2D eigenvalue weighted by atomic mass is 10.2. The van der Waals surface area contributed by atoms with Crippen LogP contribution >= 0.6 is 0 Å². The lowest BCUT2D eigenvalue weighted by Crippen LogP contribution is -2.19. The molecule has 104 valence electrons. The first-order valence-electron chi connectivity index (χ1n) is 7.52. The minimum Gasteiger partial charge on any atom is -0.463 e. The second-order valence-corrected chi connectivity index (χ2v) is 5.82. The average Bonchev–Trinajstić information content (AvgIpc) is 3.06. The summed E-state index contributed by atoms with van der Waals surface area (Å²) in [6.07, 6.45) is 3.78. The fourth-order valence-electron chi connectivity index (χ4n) is 2.89. The molecule has 1 aromatic carbocycles. The van der Waals surface area contributed by atoms with Crippen LogP contribution in [0.2, 0.25) is 0 Å². The van der Waals surface area contributed by atoms with Gasteiger partial charge in [-0.3, -0.25) is 0 Å². The molecular weight excluding hydrogens is 248 g/mol. The normalized spacial score (nSPS) is 17.5. The molecule has 1 aliphatic carbocycles. The van der Waals surface area contributed by atoms with Gasteiger partial charge < -0.3 is 14.6 Å². The third-order valence-corrected chi connectivity index (χ3v) is 4.19. The topological polar surface area (TPSA) is 28.4 Å². The van der Waals surface area contributed by atoms with Crippen LogP contribution in [0.4, 0.5) is 5.69 Å². The minimum absolute atomic E-state index is 0.731. The van der Waals surface area contributed by atoms with Gasteiger partial charge in [0.25, 0.3) is 0 Å². The van der Waals surface area contributed by atoms with Crippen LogP contribution in [0.3, 0.4) is 0 Å². The van der Waals surface area contributed by atoms with Crippen molar-refractivity contribution in [3.8, 4) is 0 Å². The summed E-state index contributed by atoms with van der Waals surface area (Å²) < 4.78 is 5.93. The number of para-hydroxylation sites is 1. The van der Waals surface area contributed by atoms with Gasteiger partial charge in [0, 0.05) is 18.3 Å². The van der Waals surface area contributed by atoms with Crippen LogP contribution < -0.4 is 10.2 Å². The van der Waals surface area contributed by atoms with Crippen LogP contribution in [0.1, 0.15) is 29.9 Å². The first-order valence-corrected chi connectivity index (χ1v) is 7.52. The predicted octanol–water partition coefficient (Wildman–Crippen LogP) is 3.09. The summed E-state index contributed by atoms with van der Waals surface area (Å²) in [7, 11) is 0. The Morgan fingerprint density at radius 2 is 1.95 bits per heavy atom. The van der Waals surface area contributed by atoms with Crippen LogP contribution in [0.25, 0.3) is 0 Å². The molecule has 1 saturated carbocycles. The summed E-state index contributed by atoms with van der Waals surface area (Å²) in [5.41, 5.74) is 2.82. The maximum absolute atomic E-state index is 5.93. The van der Waals surface area contributed by atoms with Crippen LogP contribution in [0.5, 0.6) is 0 Å². The van der Waals surface area contributed by atoms with Crippen molar-refractivity contribution in [3.63, 3.8) is 0 Å². The summed E-state index contributed by atoms with van der Waals surface area (Å²) >= 11 is 0. The molecule has 2 heterocycles. The van der Waals surface area contributed by atoms with Gasteiger partial charge in [-0.2, -0.15) is 0 Å². The van der Waals surface area contributed by atoms with Crippen molar-refractivity contribution in [2.45, 2.75) is 38.4 Å². The number of benzene rings is 1. The highest BCUT2D eigenvalue weighted by Crippen LogP contribution is 2.29. The molecule has 3 nitrogen and oxygen atoms in total. The Morgan fingerprint density at radius 1 is 1.10 bits per heavy atom. The van der Waals surface area contributed by atoms with Crippen molar-refractivity contribution in [1.29, 1.82) is 0 Å². The predicted molar refractivity (Wildman–Crippen MR) is 79.8 cm³/mol. The van der Waals surface area contributed by atoms with E-state index in [1.165, 1.54) is 24.1 Å². The molecule has 0 spiro atoms. The van der Waals surface area contributed by atoms with E-state index in [1.807, 2.05) is 0 Å². The molecule has 3 heteroatoms. The molecule has 1 aromatic heterocycles. The lowest BCUT2D eigenvalue weighted by Gasteiger charge is -2.17. The Balaban J connectivity index is 1.41. The number of anilines is 1. The van der Waals surface area contributed by atoms with E-state index in [0.29, 0.717) is 0 Å². The van der Waals surface area contributed by atoms with Crippen molar-refractivity contribution in [1.82, 2.24) is 5.32 Å². The molecule has 1 aliphatic heterocycles. The number of fused-ring (bicyclic) bond motifs is 1. The molecule has 4 rings (SSSR count). The van der Waals surface area contributed by atoms with E-state index in [9.17, 15) is 0 Å². The quantitative estimate of drug-likeness (QED) is 0.903. The highest BCUT2D eigenvalue weighted by atomic mass is 16.3. The zero-order valence-corrected chi connectivity index (χ0v) is 11.6. The van der Waals surface area contributed by atoms with Gasteiger partial charge in [0.2, 0.25) is 0 Å². The Kier molecular flexibility index (Phi) is 3.00. The number of nitrogens with zero attached hydrogens (tertiary/aromatic N) is 1. The van der Waals surface area contributed by atoms with E-state index < -0.39 is 0 Å². The van der Waals surface area contributed by atoms with Gasteiger partial charge in [0.1, 0.15) is 11.5 Å². The lowest BCUT2D eigenvalue weighted by molar-refractivity contribution is 0.443. The molecule has 1 fully saturated rings. The molecule has 20 heavy (non-hydrogen) atoms. The Morgan fingerprint density at radius 3 is 2.85 bits per heavy atom. The SMILES string of the molecule is c1ccc2c(c1)CCN2Cc1ccc(CNC2CC2)o1. The third-order valence-electron chi connectivity index (χ3n) is 4.19. The molecule has 1 N–H and O–H groups in total. The number of rotatable bonds is 5. The van der Waals surface area contributed by atoms with Gasteiger partial charge in [0.15, 0.2) is 0 Å². The maximum Gasteiger partial charge on any atom is 0.123 e. The summed E-state index contributed by atoms with van der Waals surface area (Å²) in [6, 6.07) is 13.6. The summed E-state index contributed by atoms with van der Waals surface area (Å²) in [5.74, 6) is 2.12. The average molecular weight is 268 g/mol. The largest absolute Gasteiger partial charge is 0.463 e. The van der Waals surface area contributed by atoms with Crippen LogP contribution in [-0.4, -0.2) is 12.6 Å². The second-order valence-electron chi connectivity index (χ2n) is 5.82. The molecule has 2 aromatic rings. The minimum atomic E-state index is 0.731. The second kappa shape index (κ2) is 4.98. The summed E-state index contributed by atoms with van der Waals surface area (Å²) in [6.45, 7) is 2.83. The van der Waals surface area contributed by atoms with Crippen LogP contribution in [0.15, 0.2) is 40.8 Å². The molecule has 0 amide bonds. The molecule has 2 aliphatic rings.